The van der Waals surface area contributed by atoms with Gasteiger partial charge < -0.3 is 5.32 Å². The molecule has 5 nitrogen and oxygen atoms in total. The van der Waals surface area contributed by atoms with Gasteiger partial charge in [0.15, 0.2) is 0 Å². The standard InChI is InChI=1S/C11H9ClFN3O2S/c1-6(11-14-2-3-19-11)15-9-4-7(12)8(13)5-10(9)16(17)18/h2-6,15H,1H3. The van der Waals surface area contributed by atoms with Crippen molar-refractivity contribution < 1.29 is 9.31 Å². The summed E-state index contributed by atoms with van der Waals surface area (Å²) >= 11 is 7.07. The van der Waals surface area contributed by atoms with E-state index in [0.29, 0.717) is 0 Å². The molecule has 1 N–H and O–H groups in total. The molecule has 2 rings (SSSR count). The van der Waals surface area contributed by atoms with Crippen molar-refractivity contribution in [2.75, 3.05) is 5.32 Å². The van der Waals surface area contributed by atoms with Crippen molar-refractivity contribution in [3.05, 3.63) is 49.7 Å². The smallest absolute Gasteiger partial charge is 0.295 e. The summed E-state index contributed by atoms with van der Waals surface area (Å²) in [5.74, 6) is -0.819. The maximum Gasteiger partial charge on any atom is 0.295 e. The Kier molecular flexibility index (Phi) is 3.96. The molecule has 0 bridgehead atoms. The summed E-state index contributed by atoms with van der Waals surface area (Å²) < 4.78 is 13.3. The number of aromatic nitrogens is 1. The first-order chi connectivity index (χ1) is 8.99. The number of thiazole rings is 1. The van der Waals surface area contributed by atoms with Crippen LogP contribution in [0.4, 0.5) is 15.8 Å². The van der Waals surface area contributed by atoms with Gasteiger partial charge >= 0.3 is 0 Å². The fraction of sp³-hybridized carbons (Fsp3) is 0.182. The average molecular weight is 302 g/mol. The Morgan fingerprint density at radius 2 is 2.32 bits per heavy atom. The van der Waals surface area contributed by atoms with Gasteiger partial charge in [-0.25, -0.2) is 9.37 Å². The van der Waals surface area contributed by atoms with Gasteiger partial charge in [0.2, 0.25) is 0 Å². The Bertz CT molecular complexity index is 606. The number of hydrogen-bond donors (Lipinski definition) is 1. The van der Waals surface area contributed by atoms with Gasteiger partial charge in [0.25, 0.3) is 5.69 Å². The average Bonchev–Trinajstić information content (AvgIpc) is 2.86. The highest BCUT2D eigenvalue weighted by Gasteiger charge is 2.20. The molecule has 1 atom stereocenters. The highest BCUT2D eigenvalue weighted by Crippen LogP contribution is 2.33. The quantitative estimate of drug-likeness (QED) is 0.684. The molecular weight excluding hydrogens is 293 g/mol. The van der Waals surface area contributed by atoms with Crippen LogP contribution in [0.5, 0.6) is 0 Å². The van der Waals surface area contributed by atoms with Crippen molar-refractivity contribution >= 4 is 34.3 Å². The SMILES string of the molecule is CC(Nc1cc(Cl)c(F)cc1[N+](=O)[O-])c1nccs1. The van der Waals surface area contributed by atoms with E-state index in [4.69, 9.17) is 11.6 Å². The van der Waals surface area contributed by atoms with Crippen LogP contribution in [0.15, 0.2) is 23.7 Å². The molecule has 100 valence electrons. The van der Waals surface area contributed by atoms with Gasteiger partial charge in [-0.05, 0) is 13.0 Å². The van der Waals surface area contributed by atoms with Gasteiger partial charge in [-0.1, -0.05) is 11.6 Å². The molecular formula is C11H9ClFN3O2S. The van der Waals surface area contributed by atoms with Crippen molar-refractivity contribution in [2.24, 2.45) is 0 Å². The van der Waals surface area contributed by atoms with E-state index < -0.39 is 10.7 Å². The second kappa shape index (κ2) is 5.50. The summed E-state index contributed by atoms with van der Waals surface area (Å²) in [6.07, 6.45) is 1.64. The zero-order valence-electron chi connectivity index (χ0n) is 9.76. The number of benzene rings is 1. The largest absolute Gasteiger partial charge is 0.370 e. The van der Waals surface area contributed by atoms with Crippen molar-refractivity contribution in [1.29, 1.82) is 0 Å². The number of rotatable bonds is 4. The maximum absolute atomic E-state index is 13.3. The van der Waals surface area contributed by atoms with Crippen LogP contribution in [0.25, 0.3) is 0 Å². The summed E-state index contributed by atoms with van der Waals surface area (Å²) in [4.78, 5) is 14.3. The van der Waals surface area contributed by atoms with Gasteiger partial charge in [-0.2, -0.15) is 0 Å². The van der Waals surface area contributed by atoms with E-state index in [0.717, 1.165) is 11.1 Å². The second-order valence-corrected chi connectivity index (χ2v) is 5.11. The molecule has 1 heterocycles. The van der Waals surface area contributed by atoms with Crippen LogP contribution in [-0.2, 0) is 0 Å². The first-order valence-electron chi connectivity index (χ1n) is 5.28. The topological polar surface area (TPSA) is 68.1 Å². The Balaban J connectivity index is 2.33. The molecule has 8 heteroatoms. The molecule has 2 aromatic rings. The van der Waals surface area contributed by atoms with E-state index in [-0.39, 0.29) is 22.4 Å². The lowest BCUT2D eigenvalue weighted by molar-refractivity contribution is -0.384. The number of halogens is 2. The maximum atomic E-state index is 13.3. The lowest BCUT2D eigenvalue weighted by atomic mass is 10.2. The monoisotopic (exact) mass is 301 g/mol. The van der Waals surface area contributed by atoms with Crippen molar-refractivity contribution in [1.82, 2.24) is 4.98 Å². The highest BCUT2D eigenvalue weighted by atomic mass is 35.5. The number of nitrogens with one attached hydrogen (secondary N) is 1. The zero-order chi connectivity index (χ0) is 14.0. The minimum Gasteiger partial charge on any atom is -0.370 e. The predicted octanol–water partition coefficient (Wildman–Crippen LogP) is 4.02. The first kappa shape index (κ1) is 13.7. The Labute approximate surface area is 117 Å². The number of nitro groups is 1. The highest BCUT2D eigenvalue weighted by molar-refractivity contribution is 7.09. The fourth-order valence-corrected chi connectivity index (χ4v) is 2.36. The Hall–Kier alpha value is -1.73. The first-order valence-corrected chi connectivity index (χ1v) is 6.54. The molecule has 1 aromatic carbocycles. The number of nitro benzene ring substituents is 1. The predicted molar refractivity (Wildman–Crippen MR) is 72.2 cm³/mol. The third-order valence-corrected chi connectivity index (χ3v) is 3.68. The van der Waals surface area contributed by atoms with Crippen molar-refractivity contribution in [3.63, 3.8) is 0 Å². The molecule has 0 saturated heterocycles. The molecule has 0 amide bonds. The second-order valence-electron chi connectivity index (χ2n) is 3.78. The Morgan fingerprint density at radius 1 is 1.58 bits per heavy atom. The van der Waals surface area contributed by atoms with Gasteiger partial charge in [-0.15, -0.1) is 11.3 Å². The molecule has 0 spiro atoms. The zero-order valence-corrected chi connectivity index (χ0v) is 11.3. The normalized spacial score (nSPS) is 12.2. The van der Waals surface area contributed by atoms with Crippen LogP contribution in [0.1, 0.15) is 18.0 Å². The lowest BCUT2D eigenvalue weighted by Crippen LogP contribution is -2.08. The van der Waals surface area contributed by atoms with Crippen LogP contribution in [0, 0.1) is 15.9 Å². The van der Waals surface area contributed by atoms with E-state index in [1.54, 1.807) is 18.5 Å². The summed E-state index contributed by atoms with van der Waals surface area (Å²) in [5.41, 5.74) is -0.190. The van der Waals surface area contributed by atoms with E-state index in [1.807, 2.05) is 0 Å². The molecule has 19 heavy (non-hydrogen) atoms. The van der Waals surface area contributed by atoms with Gasteiger partial charge in [0.1, 0.15) is 16.5 Å². The minimum atomic E-state index is -0.819. The van der Waals surface area contributed by atoms with Crippen molar-refractivity contribution in [3.8, 4) is 0 Å². The fourth-order valence-electron chi connectivity index (χ4n) is 1.55. The van der Waals surface area contributed by atoms with Crippen LogP contribution in [0.3, 0.4) is 0 Å². The molecule has 0 aliphatic heterocycles. The van der Waals surface area contributed by atoms with Gasteiger partial charge in [0, 0.05) is 11.6 Å². The third kappa shape index (κ3) is 2.99. The number of hydrogen-bond acceptors (Lipinski definition) is 5. The van der Waals surface area contributed by atoms with Crippen LogP contribution < -0.4 is 5.32 Å². The summed E-state index contributed by atoms with van der Waals surface area (Å²) in [6.45, 7) is 1.81. The summed E-state index contributed by atoms with van der Waals surface area (Å²) in [6, 6.07) is 1.78. The summed E-state index contributed by atoms with van der Waals surface area (Å²) in [7, 11) is 0. The molecule has 1 aromatic heterocycles. The molecule has 0 aliphatic carbocycles. The molecule has 1 unspecified atom stereocenters. The van der Waals surface area contributed by atoms with Gasteiger partial charge in [0.05, 0.1) is 22.1 Å². The number of nitrogens with zero attached hydrogens (tertiary/aromatic N) is 2. The molecule has 0 radical (unpaired) electrons. The number of anilines is 1. The molecule has 0 aliphatic rings. The minimum absolute atomic E-state index is 0.166. The molecule has 0 fully saturated rings. The Morgan fingerprint density at radius 3 is 2.89 bits per heavy atom. The third-order valence-electron chi connectivity index (χ3n) is 2.43. The summed E-state index contributed by atoms with van der Waals surface area (Å²) in [5, 5.41) is 16.2. The van der Waals surface area contributed by atoms with Gasteiger partial charge in [-0.3, -0.25) is 10.1 Å². The lowest BCUT2D eigenvalue weighted by Gasteiger charge is -2.13. The van der Waals surface area contributed by atoms with Crippen molar-refractivity contribution in [2.45, 2.75) is 13.0 Å². The van der Waals surface area contributed by atoms with Crippen LogP contribution in [-0.4, -0.2) is 9.91 Å². The molecule has 0 saturated carbocycles. The van der Waals surface area contributed by atoms with E-state index in [2.05, 4.69) is 10.3 Å². The van der Waals surface area contributed by atoms with E-state index >= 15 is 0 Å². The van der Waals surface area contributed by atoms with Crippen LogP contribution in [0.2, 0.25) is 5.02 Å². The van der Waals surface area contributed by atoms with Crippen LogP contribution >= 0.6 is 22.9 Å². The van der Waals surface area contributed by atoms with E-state index in [9.17, 15) is 14.5 Å². The van der Waals surface area contributed by atoms with E-state index in [1.165, 1.54) is 17.4 Å².